The van der Waals surface area contributed by atoms with E-state index >= 15 is 0 Å². The molecule has 0 spiro atoms. The molecule has 0 amide bonds. The molecule has 0 fully saturated rings. The highest BCUT2D eigenvalue weighted by molar-refractivity contribution is 5.79. The van der Waals surface area contributed by atoms with E-state index in [1.54, 1.807) is 26.8 Å². The molecule has 0 radical (unpaired) electrons. The number of benzene rings is 1. The molecule has 1 rings (SSSR count). The average molecular weight is 552 g/mol. The lowest BCUT2D eigenvalue weighted by molar-refractivity contribution is -0.145. The molecule has 0 aliphatic heterocycles. The van der Waals surface area contributed by atoms with Crippen LogP contribution < -0.4 is 15.2 Å². The number of carboxylic acids is 1. The van der Waals surface area contributed by atoms with Crippen LogP contribution in [0.15, 0.2) is 18.2 Å². The van der Waals surface area contributed by atoms with Crippen LogP contribution in [0.4, 0.5) is 4.79 Å². The highest BCUT2D eigenvalue weighted by Crippen LogP contribution is 2.32. The summed E-state index contributed by atoms with van der Waals surface area (Å²) >= 11 is 0. The zero-order chi connectivity index (χ0) is 30.0. The number of carboxylic acid groups (broad SMARTS) is 1. The largest absolute Gasteiger partial charge is 0.509 e. The van der Waals surface area contributed by atoms with Crippen LogP contribution in [0.1, 0.15) is 93.1 Å². The van der Waals surface area contributed by atoms with Crippen molar-refractivity contribution in [3.8, 4) is 11.5 Å². The molecule has 220 valence electrons. The first-order valence-electron chi connectivity index (χ1n) is 13.4. The van der Waals surface area contributed by atoms with Crippen LogP contribution in [0.3, 0.4) is 0 Å². The van der Waals surface area contributed by atoms with Crippen molar-refractivity contribution in [3.05, 3.63) is 23.8 Å². The van der Waals surface area contributed by atoms with Gasteiger partial charge in [0.25, 0.3) is 0 Å². The van der Waals surface area contributed by atoms with Gasteiger partial charge in [0, 0.05) is 25.7 Å². The second-order valence-corrected chi connectivity index (χ2v) is 11.4. The van der Waals surface area contributed by atoms with E-state index in [-0.39, 0.29) is 49.0 Å². The van der Waals surface area contributed by atoms with Crippen LogP contribution in [-0.2, 0) is 30.3 Å². The van der Waals surface area contributed by atoms with Gasteiger partial charge in [0.2, 0.25) is 0 Å². The van der Waals surface area contributed by atoms with Crippen molar-refractivity contribution < 1.29 is 43.2 Å². The third-order valence-electron chi connectivity index (χ3n) is 6.16. The van der Waals surface area contributed by atoms with Gasteiger partial charge in [0.1, 0.15) is 17.2 Å². The number of esters is 2. The van der Waals surface area contributed by atoms with E-state index in [0.717, 1.165) is 12.8 Å². The zero-order valence-corrected chi connectivity index (χ0v) is 24.5. The summed E-state index contributed by atoms with van der Waals surface area (Å²) in [5.74, 6) is -2.01. The topological polar surface area (TPSA) is 151 Å². The number of hydrogen-bond acceptors (Lipinski definition) is 9. The molecule has 0 saturated carbocycles. The van der Waals surface area contributed by atoms with E-state index in [0.29, 0.717) is 5.56 Å². The molecule has 4 atom stereocenters. The van der Waals surface area contributed by atoms with E-state index in [2.05, 4.69) is 0 Å². The van der Waals surface area contributed by atoms with Gasteiger partial charge in [0.15, 0.2) is 11.5 Å². The quantitative estimate of drug-likeness (QED) is 0.226. The highest BCUT2D eigenvalue weighted by atomic mass is 16.7. The Kier molecular flexibility index (Phi) is 12.9. The normalized spacial score (nSPS) is 15.3. The van der Waals surface area contributed by atoms with E-state index in [1.165, 1.54) is 19.1 Å². The van der Waals surface area contributed by atoms with Gasteiger partial charge in [-0.3, -0.25) is 14.4 Å². The van der Waals surface area contributed by atoms with Gasteiger partial charge >= 0.3 is 24.1 Å². The Morgan fingerprint density at radius 3 is 1.87 bits per heavy atom. The fraction of sp³-hybridized carbons (Fsp3) is 0.655. The Balaban J connectivity index is 3.20. The Hall–Kier alpha value is -3.14. The summed E-state index contributed by atoms with van der Waals surface area (Å²) in [4.78, 5) is 49.2. The lowest BCUT2D eigenvalue weighted by Gasteiger charge is -2.28. The lowest BCUT2D eigenvalue weighted by Crippen LogP contribution is -2.52. The smallest absolute Gasteiger partial charge is 0.480 e. The highest BCUT2D eigenvalue weighted by Gasteiger charge is 2.37. The van der Waals surface area contributed by atoms with Gasteiger partial charge in [0.05, 0.1) is 0 Å². The van der Waals surface area contributed by atoms with Gasteiger partial charge in [-0.25, -0.2) is 4.79 Å². The first-order chi connectivity index (χ1) is 18.0. The molecule has 3 unspecified atom stereocenters. The van der Waals surface area contributed by atoms with Gasteiger partial charge in [-0.15, -0.1) is 0 Å². The SMILES string of the molecule is CCC(C)CC(=O)Oc1ccc(CC(N)(C[C@H](C)OC(=O)OC(C)(C)C)C(=O)O)cc1OC(=O)CC(C)CC. The third kappa shape index (κ3) is 12.5. The summed E-state index contributed by atoms with van der Waals surface area (Å²) in [6.07, 6.45) is -0.248. The van der Waals surface area contributed by atoms with Gasteiger partial charge in [-0.2, -0.15) is 0 Å². The Labute approximate surface area is 231 Å². The molecule has 0 saturated heterocycles. The number of nitrogens with two attached hydrogens (primary N) is 1. The van der Waals surface area contributed by atoms with Crippen LogP contribution in [0.25, 0.3) is 0 Å². The molecule has 1 aromatic carbocycles. The molecule has 39 heavy (non-hydrogen) atoms. The van der Waals surface area contributed by atoms with Crippen LogP contribution >= 0.6 is 0 Å². The molecular formula is C29H45NO9. The number of ether oxygens (including phenoxy) is 4. The lowest BCUT2D eigenvalue weighted by atomic mass is 9.86. The summed E-state index contributed by atoms with van der Waals surface area (Å²) in [6, 6.07) is 4.46. The standard InChI is InChI=1S/C29H45NO9/c1-9-18(3)13-24(31)37-22-12-11-21(15-23(22)38-25(32)14-19(4)10-2)17-29(30,26(33)34)16-20(5)36-27(35)39-28(6,7)8/h11-12,15,18-20H,9-10,13-14,16-17,30H2,1-8H3,(H,33,34)/t18?,19?,20-,29?/m0/s1. The van der Waals surface area contributed by atoms with Crippen molar-refractivity contribution in [1.82, 2.24) is 0 Å². The monoisotopic (exact) mass is 551 g/mol. The number of rotatable bonds is 14. The summed E-state index contributed by atoms with van der Waals surface area (Å²) < 4.78 is 21.4. The molecule has 0 bridgehead atoms. The van der Waals surface area contributed by atoms with Crippen LogP contribution in [0.2, 0.25) is 0 Å². The van der Waals surface area contributed by atoms with Gasteiger partial charge in [-0.1, -0.05) is 46.6 Å². The molecule has 3 N–H and O–H groups in total. The predicted octanol–water partition coefficient (Wildman–Crippen LogP) is 5.42. The Bertz CT molecular complexity index is 1000. The Morgan fingerprint density at radius 2 is 1.41 bits per heavy atom. The maximum atomic E-state index is 12.6. The van der Waals surface area contributed by atoms with E-state index in [1.807, 2.05) is 27.7 Å². The van der Waals surface area contributed by atoms with E-state index in [9.17, 15) is 24.3 Å². The van der Waals surface area contributed by atoms with E-state index < -0.39 is 41.3 Å². The molecule has 10 nitrogen and oxygen atoms in total. The summed E-state index contributed by atoms with van der Waals surface area (Å²) in [6.45, 7) is 14.3. The average Bonchev–Trinajstić information content (AvgIpc) is 2.78. The molecule has 0 aliphatic rings. The summed E-state index contributed by atoms with van der Waals surface area (Å²) in [5.41, 5.74) is 4.11. The van der Waals surface area contributed by atoms with Gasteiger partial charge < -0.3 is 29.8 Å². The van der Waals surface area contributed by atoms with E-state index in [4.69, 9.17) is 24.7 Å². The molecular weight excluding hydrogens is 506 g/mol. The number of carbonyl (C=O) groups is 4. The van der Waals surface area contributed by atoms with Crippen molar-refractivity contribution >= 4 is 24.1 Å². The molecule has 0 heterocycles. The minimum Gasteiger partial charge on any atom is -0.480 e. The number of hydrogen-bond donors (Lipinski definition) is 2. The number of carbonyl (C=O) groups excluding carboxylic acids is 3. The van der Waals surface area contributed by atoms with Crippen LogP contribution in [-0.4, -0.2) is 46.4 Å². The zero-order valence-electron chi connectivity index (χ0n) is 24.5. The second kappa shape index (κ2) is 14.9. The minimum absolute atomic E-state index is 0.00379. The van der Waals surface area contributed by atoms with Crippen LogP contribution in [0, 0.1) is 11.8 Å². The number of aliphatic carboxylic acids is 1. The minimum atomic E-state index is -1.83. The third-order valence-corrected chi connectivity index (χ3v) is 6.16. The predicted molar refractivity (Wildman–Crippen MR) is 146 cm³/mol. The maximum Gasteiger partial charge on any atom is 0.509 e. The molecule has 10 heteroatoms. The first-order valence-corrected chi connectivity index (χ1v) is 13.4. The fourth-order valence-electron chi connectivity index (χ4n) is 3.61. The maximum absolute atomic E-state index is 12.6. The summed E-state index contributed by atoms with van der Waals surface area (Å²) in [7, 11) is 0. The fourth-order valence-corrected chi connectivity index (χ4v) is 3.61. The van der Waals surface area contributed by atoms with Crippen molar-refractivity contribution in [2.45, 2.75) is 111 Å². The second-order valence-electron chi connectivity index (χ2n) is 11.4. The molecule has 0 aromatic heterocycles. The van der Waals surface area contributed by atoms with Gasteiger partial charge in [-0.05, 0) is 57.2 Å². The van der Waals surface area contributed by atoms with Crippen molar-refractivity contribution in [3.63, 3.8) is 0 Å². The Morgan fingerprint density at radius 1 is 0.897 bits per heavy atom. The molecule has 1 aromatic rings. The van der Waals surface area contributed by atoms with Crippen molar-refractivity contribution in [2.24, 2.45) is 17.6 Å². The van der Waals surface area contributed by atoms with Crippen LogP contribution in [0.5, 0.6) is 11.5 Å². The first kappa shape index (κ1) is 33.9. The van der Waals surface area contributed by atoms with Crippen molar-refractivity contribution in [2.75, 3.05) is 0 Å². The van der Waals surface area contributed by atoms with Crippen molar-refractivity contribution in [1.29, 1.82) is 0 Å². The molecule has 0 aliphatic carbocycles. The summed E-state index contributed by atoms with van der Waals surface area (Å²) in [5, 5.41) is 9.93.